The zero-order valence-corrected chi connectivity index (χ0v) is 11.5. The third-order valence-electron chi connectivity index (χ3n) is 3.24. The lowest BCUT2D eigenvalue weighted by Gasteiger charge is -2.19. The van der Waals surface area contributed by atoms with E-state index in [1.807, 2.05) is 49.5 Å². The van der Waals surface area contributed by atoms with E-state index in [4.69, 9.17) is 10.6 Å². The lowest BCUT2D eigenvalue weighted by atomic mass is 10.0. The molecule has 5 heteroatoms. The van der Waals surface area contributed by atoms with E-state index < -0.39 is 5.91 Å². The molecule has 0 fully saturated rings. The first kappa shape index (κ1) is 13.2. The quantitative estimate of drug-likeness (QED) is 0.907. The maximum Gasteiger partial charge on any atom is 0.248 e. The van der Waals surface area contributed by atoms with Crippen LogP contribution in [0.25, 0.3) is 11.1 Å². The van der Waals surface area contributed by atoms with Crippen molar-refractivity contribution in [3.63, 3.8) is 0 Å². The van der Waals surface area contributed by atoms with Gasteiger partial charge < -0.3 is 10.6 Å². The van der Waals surface area contributed by atoms with E-state index in [2.05, 4.69) is 5.59 Å². The first-order chi connectivity index (χ1) is 10.1. The van der Waals surface area contributed by atoms with E-state index in [0.29, 0.717) is 5.56 Å². The van der Waals surface area contributed by atoms with Crippen molar-refractivity contribution < 1.29 is 9.63 Å². The molecule has 3 rings (SSSR count). The van der Waals surface area contributed by atoms with Crippen LogP contribution in [-0.2, 0) is 4.84 Å². The molecule has 0 spiro atoms. The molecule has 0 saturated carbocycles. The average Bonchev–Trinajstić information content (AvgIpc) is 2.94. The predicted molar refractivity (Wildman–Crippen MR) is 80.9 cm³/mol. The van der Waals surface area contributed by atoms with Crippen molar-refractivity contribution in [2.24, 2.45) is 5.73 Å². The van der Waals surface area contributed by atoms with E-state index in [9.17, 15) is 4.79 Å². The Kier molecular flexibility index (Phi) is 3.33. The summed E-state index contributed by atoms with van der Waals surface area (Å²) in [5, 5.41) is 1.73. The first-order valence-electron chi connectivity index (χ1n) is 6.54. The van der Waals surface area contributed by atoms with Crippen molar-refractivity contribution in [3.05, 3.63) is 66.1 Å². The van der Waals surface area contributed by atoms with E-state index in [0.717, 1.165) is 22.6 Å². The number of hydrogen-bond donors (Lipinski definition) is 2. The van der Waals surface area contributed by atoms with Crippen molar-refractivity contribution >= 4 is 11.6 Å². The van der Waals surface area contributed by atoms with Gasteiger partial charge in [0.2, 0.25) is 5.91 Å². The zero-order valence-electron chi connectivity index (χ0n) is 11.5. The van der Waals surface area contributed by atoms with Gasteiger partial charge in [-0.25, -0.2) is 5.01 Å². The number of nitrogens with two attached hydrogens (primary N) is 1. The number of benzene rings is 2. The molecule has 21 heavy (non-hydrogen) atoms. The van der Waals surface area contributed by atoms with Gasteiger partial charge in [0.05, 0.1) is 11.9 Å². The van der Waals surface area contributed by atoms with Crippen LogP contribution in [0, 0.1) is 0 Å². The number of rotatable bonds is 3. The number of amides is 1. The fraction of sp³-hybridized carbons (Fsp3) is 0.0625. The van der Waals surface area contributed by atoms with Crippen molar-refractivity contribution in [2.75, 3.05) is 5.01 Å². The highest BCUT2D eigenvalue weighted by Crippen LogP contribution is 2.32. The minimum atomic E-state index is -0.461. The number of carbonyl (C=O) groups is 1. The molecule has 0 aromatic heterocycles. The maximum atomic E-state index is 11.4. The number of primary amides is 1. The van der Waals surface area contributed by atoms with Crippen LogP contribution in [0.2, 0.25) is 0 Å². The standard InChI is InChI=1S/C16H15N3O2/c1-11-10-19(18-21-11)15-9-13(16(17)20)7-8-14(15)12-5-3-2-4-6-12/h2-10,18H,1H3,(H2,17,20). The van der Waals surface area contributed by atoms with Gasteiger partial charge in [-0.05, 0) is 24.6 Å². The summed E-state index contributed by atoms with van der Waals surface area (Å²) in [5.74, 6) is 0.273. The summed E-state index contributed by atoms with van der Waals surface area (Å²) in [7, 11) is 0. The molecular weight excluding hydrogens is 266 g/mol. The van der Waals surface area contributed by atoms with Gasteiger partial charge in [-0.1, -0.05) is 42.0 Å². The van der Waals surface area contributed by atoms with Crippen LogP contribution >= 0.6 is 0 Å². The van der Waals surface area contributed by atoms with Gasteiger partial charge >= 0.3 is 0 Å². The molecule has 2 aromatic carbocycles. The minimum absolute atomic E-state index is 0.449. The van der Waals surface area contributed by atoms with Crippen LogP contribution in [0.4, 0.5) is 5.69 Å². The van der Waals surface area contributed by atoms with Gasteiger partial charge in [-0.15, -0.1) is 0 Å². The van der Waals surface area contributed by atoms with Gasteiger partial charge in [0, 0.05) is 11.1 Å². The van der Waals surface area contributed by atoms with Crippen molar-refractivity contribution in [2.45, 2.75) is 6.92 Å². The van der Waals surface area contributed by atoms with Crippen LogP contribution in [-0.4, -0.2) is 5.91 Å². The molecular formula is C16H15N3O2. The summed E-state index contributed by atoms with van der Waals surface area (Å²) in [6, 6.07) is 15.3. The molecule has 2 aromatic rings. The highest BCUT2D eigenvalue weighted by Gasteiger charge is 2.18. The minimum Gasteiger partial charge on any atom is -0.392 e. The summed E-state index contributed by atoms with van der Waals surface area (Å²) in [6.07, 6.45) is 1.81. The van der Waals surface area contributed by atoms with Gasteiger partial charge in [0.25, 0.3) is 0 Å². The van der Waals surface area contributed by atoms with E-state index in [-0.39, 0.29) is 0 Å². The number of anilines is 1. The normalized spacial score (nSPS) is 13.8. The molecule has 1 heterocycles. The summed E-state index contributed by atoms with van der Waals surface area (Å²) < 4.78 is 0. The Morgan fingerprint density at radius 3 is 2.57 bits per heavy atom. The predicted octanol–water partition coefficient (Wildman–Crippen LogP) is 2.57. The van der Waals surface area contributed by atoms with Crippen molar-refractivity contribution in [1.29, 1.82) is 0 Å². The highest BCUT2D eigenvalue weighted by atomic mass is 16.7. The van der Waals surface area contributed by atoms with Crippen LogP contribution in [0.1, 0.15) is 17.3 Å². The fourth-order valence-electron chi connectivity index (χ4n) is 2.22. The number of hydrogen-bond acceptors (Lipinski definition) is 4. The second kappa shape index (κ2) is 5.30. The second-order valence-electron chi connectivity index (χ2n) is 4.77. The third-order valence-corrected chi connectivity index (χ3v) is 3.24. The molecule has 0 radical (unpaired) electrons. The van der Waals surface area contributed by atoms with Crippen molar-refractivity contribution in [3.8, 4) is 11.1 Å². The van der Waals surface area contributed by atoms with E-state index in [1.165, 1.54) is 0 Å². The Morgan fingerprint density at radius 2 is 1.95 bits per heavy atom. The topological polar surface area (TPSA) is 67.6 Å². The van der Waals surface area contributed by atoms with E-state index >= 15 is 0 Å². The first-order valence-corrected chi connectivity index (χ1v) is 6.54. The van der Waals surface area contributed by atoms with Gasteiger partial charge in [0.15, 0.2) is 0 Å². The molecule has 0 atom stereocenters. The van der Waals surface area contributed by atoms with Crippen molar-refractivity contribution in [1.82, 2.24) is 5.59 Å². The molecule has 106 valence electrons. The second-order valence-corrected chi connectivity index (χ2v) is 4.77. The van der Waals surface area contributed by atoms with E-state index in [1.54, 1.807) is 17.1 Å². The third kappa shape index (κ3) is 2.59. The molecule has 3 N–H and O–H groups in total. The molecule has 5 nitrogen and oxygen atoms in total. The molecule has 1 aliphatic rings. The van der Waals surface area contributed by atoms with Crippen LogP contribution in [0.3, 0.4) is 0 Å². The Labute approximate surface area is 122 Å². The largest absolute Gasteiger partial charge is 0.392 e. The van der Waals surface area contributed by atoms with Gasteiger partial charge in [-0.3, -0.25) is 4.79 Å². The average molecular weight is 281 g/mol. The number of nitrogens with zero attached hydrogens (tertiary/aromatic N) is 1. The van der Waals surface area contributed by atoms with Crippen LogP contribution in [0.5, 0.6) is 0 Å². The Balaban J connectivity index is 2.13. The molecule has 0 aliphatic carbocycles. The van der Waals surface area contributed by atoms with Gasteiger partial charge in [-0.2, -0.15) is 0 Å². The molecule has 1 aliphatic heterocycles. The van der Waals surface area contributed by atoms with Crippen LogP contribution in [0.15, 0.2) is 60.5 Å². The molecule has 1 amide bonds. The smallest absolute Gasteiger partial charge is 0.248 e. The number of carbonyl (C=O) groups excluding carboxylic acids is 1. The maximum absolute atomic E-state index is 11.4. The number of allylic oxidation sites excluding steroid dienone is 1. The van der Waals surface area contributed by atoms with Crippen LogP contribution < -0.4 is 16.3 Å². The summed E-state index contributed by atoms with van der Waals surface area (Å²) in [4.78, 5) is 16.6. The van der Waals surface area contributed by atoms with Gasteiger partial charge in [0.1, 0.15) is 5.76 Å². The monoisotopic (exact) mass is 281 g/mol. The fourth-order valence-corrected chi connectivity index (χ4v) is 2.22. The number of nitrogens with one attached hydrogen (secondary N) is 1. The Hall–Kier alpha value is -2.79. The Bertz CT molecular complexity index is 711. The summed E-state index contributed by atoms with van der Waals surface area (Å²) in [5.41, 5.74) is 11.4. The summed E-state index contributed by atoms with van der Waals surface area (Å²) in [6.45, 7) is 1.84. The lowest BCUT2D eigenvalue weighted by molar-refractivity contribution is 0.1000. The molecule has 0 bridgehead atoms. The number of hydrazine groups is 1. The molecule has 0 saturated heterocycles. The Morgan fingerprint density at radius 1 is 1.19 bits per heavy atom. The highest BCUT2D eigenvalue weighted by molar-refractivity contribution is 5.96. The lowest BCUT2D eigenvalue weighted by Crippen LogP contribution is -2.28. The SMILES string of the molecule is CC1=CN(c2cc(C(N)=O)ccc2-c2ccccc2)NO1. The summed E-state index contributed by atoms with van der Waals surface area (Å²) >= 11 is 0. The molecule has 0 unspecified atom stereocenters. The zero-order chi connectivity index (χ0) is 14.8.